The van der Waals surface area contributed by atoms with Gasteiger partial charge in [0, 0.05) is 18.1 Å². The lowest BCUT2D eigenvalue weighted by Crippen LogP contribution is -2.49. The highest BCUT2D eigenvalue weighted by Gasteiger charge is 2.39. The van der Waals surface area contributed by atoms with Crippen molar-refractivity contribution in [1.29, 1.82) is 0 Å². The lowest BCUT2D eigenvalue weighted by molar-refractivity contribution is 0.103. The first kappa shape index (κ1) is 13.8. The summed E-state index contributed by atoms with van der Waals surface area (Å²) in [5.74, 6) is 0.998. The van der Waals surface area contributed by atoms with Crippen LogP contribution in [0.25, 0.3) is 0 Å². The Morgan fingerprint density at radius 2 is 1.63 bits per heavy atom. The molecule has 110 valence electrons. The second-order valence-electron chi connectivity index (χ2n) is 7.12. The van der Waals surface area contributed by atoms with Crippen LogP contribution >= 0.6 is 0 Å². The van der Waals surface area contributed by atoms with Gasteiger partial charge in [0.25, 0.3) is 0 Å². The van der Waals surface area contributed by atoms with Gasteiger partial charge in [0.05, 0.1) is 0 Å². The van der Waals surface area contributed by atoms with Gasteiger partial charge in [-0.2, -0.15) is 0 Å². The van der Waals surface area contributed by atoms with Crippen molar-refractivity contribution in [2.45, 2.75) is 63.1 Å². The van der Waals surface area contributed by atoms with Gasteiger partial charge in [0.15, 0.2) is 0 Å². The average molecular weight is 265 g/mol. The van der Waals surface area contributed by atoms with Gasteiger partial charge in [0.2, 0.25) is 0 Å². The van der Waals surface area contributed by atoms with E-state index >= 15 is 0 Å². The summed E-state index contributed by atoms with van der Waals surface area (Å²) in [6, 6.07) is 2.57. The van der Waals surface area contributed by atoms with E-state index in [2.05, 4.69) is 29.2 Å². The van der Waals surface area contributed by atoms with E-state index in [1.165, 1.54) is 64.6 Å². The zero-order valence-corrected chi connectivity index (χ0v) is 12.8. The van der Waals surface area contributed by atoms with Gasteiger partial charge in [-0.05, 0) is 84.6 Å². The molecule has 3 aliphatic rings. The van der Waals surface area contributed by atoms with Crippen LogP contribution in [-0.4, -0.2) is 61.7 Å². The fourth-order valence-electron chi connectivity index (χ4n) is 4.56. The van der Waals surface area contributed by atoms with E-state index < -0.39 is 0 Å². The van der Waals surface area contributed by atoms with E-state index in [4.69, 9.17) is 0 Å². The Morgan fingerprint density at radius 1 is 1.00 bits per heavy atom. The number of hydrogen-bond donors (Lipinski definition) is 1. The van der Waals surface area contributed by atoms with Crippen LogP contribution in [0.5, 0.6) is 0 Å². The molecular formula is C16H31N3. The largest absolute Gasteiger partial charge is 0.317 e. The monoisotopic (exact) mass is 265 g/mol. The average Bonchev–Trinajstić information content (AvgIpc) is 2.67. The van der Waals surface area contributed by atoms with E-state index in [1.54, 1.807) is 0 Å². The lowest BCUT2D eigenvalue weighted by atomic mass is 9.92. The molecule has 3 nitrogen and oxygen atoms in total. The highest BCUT2D eigenvalue weighted by atomic mass is 15.2. The molecule has 3 fully saturated rings. The summed E-state index contributed by atoms with van der Waals surface area (Å²) >= 11 is 0. The molecule has 3 heterocycles. The van der Waals surface area contributed by atoms with Crippen LogP contribution in [0.1, 0.15) is 44.9 Å². The highest BCUT2D eigenvalue weighted by Crippen LogP contribution is 2.36. The first-order valence-electron chi connectivity index (χ1n) is 8.38. The SMILES string of the molecule is CNC1CC2CCC(C1)N2CCC1CCN(C)CC1. The Kier molecular flexibility index (Phi) is 4.45. The summed E-state index contributed by atoms with van der Waals surface area (Å²) in [6.07, 6.45) is 10.00. The number of piperidine rings is 2. The minimum absolute atomic E-state index is 0.789. The van der Waals surface area contributed by atoms with E-state index in [9.17, 15) is 0 Å². The molecule has 0 saturated carbocycles. The van der Waals surface area contributed by atoms with Crippen LogP contribution in [0.4, 0.5) is 0 Å². The van der Waals surface area contributed by atoms with Crippen LogP contribution in [-0.2, 0) is 0 Å². The van der Waals surface area contributed by atoms with Crippen LogP contribution in [0, 0.1) is 5.92 Å². The van der Waals surface area contributed by atoms with Crippen LogP contribution in [0.3, 0.4) is 0 Å². The lowest BCUT2D eigenvalue weighted by Gasteiger charge is -2.40. The molecule has 3 saturated heterocycles. The van der Waals surface area contributed by atoms with Gasteiger partial charge >= 0.3 is 0 Å². The van der Waals surface area contributed by atoms with Gasteiger partial charge in [-0.15, -0.1) is 0 Å². The standard InChI is InChI=1S/C16H31N3/c1-17-14-11-15-3-4-16(12-14)19(15)10-7-13-5-8-18(2)9-6-13/h13-17H,3-12H2,1-2H3. The molecule has 0 aliphatic carbocycles. The van der Waals surface area contributed by atoms with Crippen LogP contribution in [0.2, 0.25) is 0 Å². The zero-order chi connectivity index (χ0) is 13.2. The molecule has 2 unspecified atom stereocenters. The molecule has 3 rings (SSSR count). The normalized spacial score (nSPS) is 37.9. The fourth-order valence-corrected chi connectivity index (χ4v) is 4.56. The fraction of sp³-hybridized carbons (Fsp3) is 1.00. The first-order chi connectivity index (χ1) is 9.26. The highest BCUT2D eigenvalue weighted by molar-refractivity contribution is 4.97. The summed E-state index contributed by atoms with van der Waals surface area (Å²) in [4.78, 5) is 5.35. The van der Waals surface area contributed by atoms with Crippen molar-refractivity contribution in [1.82, 2.24) is 15.1 Å². The van der Waals surface area contributed by atoms with Crippen molar-refractivity contribution in [2.75, 3.05) is 33.7 Å². The molecule has 0 aromatic rings. The third kappa shape index (κ3) is 3.14. The van der Waals surface area contributed by atoms with Crippen LogP contribution in [0.15, 0.2) is 0 Å². The van der Waals surface area contributed by atoms with Gasteiger partial charge in [0.1, 0.15) is 0 Å². The molecule has 0 spiro atoms. The molecular weight excluding hydrogens is 234 g/mol. The minimum Gasteiger partial charge on any atom is -0.317 e. The number of nitrogens with one attached hydrogen (secondary N) is 1. The molecule has 2 bridgehead atoms. The third-order valence-corrected chi connectivity index (χ3v) is 5.93. The number of likely N-dealkylation sites (tertiary alicyclic amines) is 1. The summed E-state index contributed by atoms with van der Waals surface area (Å²) in [7, 11) is 4.40. The molecule has 3 heteroatoms. The van der Waals surface area contributed by atoms with Crippen molar-refractivity contribution >= 4 is 0 Å². The van der Waals surface area contributed by atoms with Gasteiger partial charge < -0.3 is 10.2 Å². The Hall–Kier alpha value is -0.120. The summed E-state index contributed by atoms with van der Waals surface area (Å²) < 4.78 is 0. The molecule has 0 radical (unpaired) electrons. The van der Waals surface area contributed by atoms with E-state index in [-0.39, 0.29) is 0 Å². The van der Waals surface area contributed by atoms with E-state index in [1.807, 2.05) is 0 Å². The number of hydrogen-bond acceptors (Lipinski definition) is 3. The van der Waals surface area contributed by atoms with Crippen molar-refractivity contribution < 1.29 is 0 Å². The number of fused-ring (bicyclic) bond motifs is 2. The number of rotatable bonds is 4. The van der Waals surface area contributed by atoms with E-state index in [0.29, 0.717) is 0 Å². The van der Waals surface area contributed by atoms with E-state index in [0.717, 1.165) is 24.0 Å². The predicted molar refractivity (Wildman–Crippen MR) is 80.4 cm³/mol. The number of nitrogens with zero attached hydrogens (tertiary/aromatic N) is 2. The Bertz CT molecular complexity index is 272. The van der Waals surface area contributed by atoms with Gasteiger partial charge in [-0.25, -0.2) is 0 Å². The molecule has 0 aromatic heterocycles. The minimum atomic E-state index is 0.789. The second kappa shape index (κ2) is 6.11. The topological polar surface area (TPSA) is 18.5 Å². The van der Waals surface area contributed by atoms with Gasteiger partial charge in [-0.1, -0.05) is 0 Å². The Labute approximate surface area is 118 Å². The van der Waals surface area contributed by atoms with Crippen LogP contribution < -0.4 is 5.32 Å². The van der Waals surface area contributed by atoms with Crippen molar-refractivity contribution in [3.05, 3.63) is 0 Å². The zero-order valence-electron chi connectivity index (χ0n) is 12.8. The smallest absolute Gasteiger partial charge is 0.0114 e. The predicted octanol–water partition coefficient (Wildman–Crippen LogP) is 1.93. The molecule has 1 N–H and O–H groups in total. The Morgan fingerprint density at radius 3 is 2.21 bits per heavy atom. The first-order valence-corrected chi connectivity index (χ1v) is 8.38. The maximum absolute atomic E-state index is 3.50. The summed E-state index contributed by atoms with van der Waals surface area (Å²) in [5.41, 5.74) is 0. The maximum atomic E-state index is 3.50. The van der Waals surface area contributed by atoms with Crippen molar-refractivity contribution in [2.24, 2.45) is 5.92 Å². The molecule has 2 atom stereocenters. The maximum Gasteiger partial charge on any atom is 0.0114 e. The van der Waals surface area contributed by atoms with Gasteiger partial charge in [-0.3, -0.25) is 4.90 Å². The molecule has 0 amide bonds. The molecule has 0 aromatic carbocycles. The molecule has 19 heavy (non-hydrogen) atoms. The summed E-state index contributed by atoms with van der Waals surface area (Å²) in [5, 5.41) is 3.50. The second-order valence-corrected chi connectivity index (χ2v) is 7.12. The molecule has 3 aliphatic heterocycles. The third-order valence-electron chi connectivity index (χ3n) is 5.93. The van der Waals surface area contributed by atoms with Crippen molar-refractivity contribution in [3.8, 4) is 0 Å². The van der Waals surface area contributed by atoms with Crippen molar-refractivity contribution in [3.63, 3.8) is 0 Å². The quantitative estimate of drug-likeness (QED) is 0.838. The summed E-state index contributed by atoms with van der Waals surface area (Å²) in [6.45, 7) is 4.01. The Balaban J connectivity index is 1.46.